The molecule has 10 heteroatoms. The Morgan fingerprint density at radius 2 is 1.97 bits per heavy atom. The largest absolute Gasteiger partial charge is 0.478 e. The summed E-state index contributed by atoms with van der Waals surface area (Å²) in [4.78, 5) is 34.5. The zero-order valence-corrected chi connectivity index (χ0v) is 15.4. The first-order chi connectivity index (χ1) is 13.8. The van der Waals surface area contributed by atoms with Gasteiger partial charge in [-0.2, -0.15) is 5.10 Å². The summed E-state index contributed by atoms with van der Waals surface area (Å²) in [5.41, 5.74) is 0.128. The van der Waals surface area contributed by atoms with Crippen LogP contribution in [0.2, 0.25) is 0 Å². The molecular weight excluding hydrogens is 380 g/mol. The molecule has 0 atom stereocenters. The topological polar surface area (TPSA) is 137 Å². The lowest BCUT2D eigenvalue weighted by molar-refractivity contribution is -0.384. The number of aromatic nitrogens is 2. The Bertz CT molecular complexity index is 1120. The molecule has 1 heterocycles. The number of hydrogen-bond acceptors (Lipinski definition) is 6. The number of benzene rings is 2. The van der Waals surface area contributed by atoms with Crippen molar-refractivity contribution in [2.45, 2.75) is 6.92 Å². The molecule has 29 heavy (non-hydrogen) atoms. The van der Waals surface area contributed by atoms with Gasteiger partial charge in [0.25, 0.3) is 11.6 Å². The molecule has 2 N–H and O–H groups in total. The van der Waals surface area contributed by atoms with Crippen LogP contribution < -0.4 is 10.1 Å². The van der Waals surface area contributed by atoms with Crippen molar-refractivity contribution in [2.24, 2.45) is 7.05 Å². The Morgan fingerprint density at radius 1 is 1.24 bits per heavy atom. The maximum absolute atomic E-state index is 12.6. The van der Waals surface area contributed by atoms with Gasteiger partial charge in [-0.3, -0.25) is 19.6 Å². The number of nitrogens with zero attached hydrogens (tertiary/aromatic N) is 3. The summed E-state index contributed by atoms with van der Waals surface area (Å²) >= 11 is 0. The van der Waals surface area contributed by atoms with Gasteiger partial charge < -0.3 is 15.2 Å². The predicted molar refractivity (Wildman–Crippen MR) is 102 cm³/mol. The Balaban J connectivity index is 1.95. The normalized spacial score (nSPS) is 10.4. The number of aryl methyl sites for hydroxylation is 2. The van der Waals surface area contributed by atoms with Gasteiger partial charge in [0.1, 0.15) is 22.8 Å². The molecule has 0 aliphatic rings. The Kier molecular flexibility index (Phi) is 5.26. The summed E-state index contributed by atoms with van der Waals surface area (Å²) in [6.07, 6.45) is 1.05. The van der Waals surface area contributed by atoms with Crippen LogP contribution in [0.25, 0.3) is 0 Å². The molecule has 3 rings (SSSR count). The molecule has 0 fully saturated rings. The molecule has 0 unspecified atom stereocenters. The fraction of sp³-hybridized carbons (Fsp3) is 0.105. The van der Waals surface area contributed by atoms with Gasteiger partial charge in [0, 0.05) is 19.2 Å². The molecule has 0 radical (unpaired) electrons. The van der Waals surface area contributed by atoms with Crippen LogP contribution >= 0.6 is 0 Å². The molecule has 148 valence electrons. The number of aromatic carboxylic acids is 1. The molecule has 1 amide bonds. The molecule has 0 aliphatic heterocycles. The number of rotatable bonds is 6. The fourth-order valence-electron chi connectivity index (χ4n) is 2.67. The van der Waals surface area contributed by atoms with Crippen molar-refractivity contribution in [1.82, 2.24) is 9.78 Å². The zero-order valence-electron chi connectivity index (χ0n) is 15.4. The predicted octanol–water partition coefficient (Wildman–Crippen LogP) is 3.38. The third-order valence-corrected chi connectivity index (χ3v) is 4.07. The first kappa shape index (κ1) is 19.5. The lowest BCUT2D eigenvalue weighted by Gasteiger charge is -2.11. The van der Waals surface area contributed by atoms with Gasteiger partial charge in [0.2, 0.25) is 0 Å². The number of nitro benzene ring substituents is 1. The molecule has 0 aliphatic carbocycles. The molecule has 10 nitrogen and oxygen atoms in total. The number of amides is 1. The van der Waals surface area contributed by atoms with Crippen molar-refractivity contribution < 1.29 is 24.4 Å². The average molecular weight is 396 g/mol. The molecule has 0 spiro atoms. The van der Waals surface area contributed by atoms with Crippen molar-refractivity contribution in [3.05, 3.63) is 75.6 Å². The van der Waals surface area contributed by atoms with E-state index in [-0.39, 0.29) is 28.4 Å². The first-order valence-electron chi connectivity index (χ1n) is 8.36. The second-order valence-electron chi connectivity index (χ2n) is 6.13. The van der Waals surface area contributed by atoms with E-state index in [1.807, 2.05) is 19.1 Å². The first-order valence-corrected chi connectivity index (χ1v) is 8.36. The van der Waals surface area contributed by atoms with E-state index in [1.165, 1.54) is 19.2 Å². The van der Waals surface area contributed by atoms with Gasteiger partial charge in [-0.05, 0) is 18.6 Å². The van der Waals surface area contributed by atoms with Crippen LogP contribution in [0.3, 0.4) is 0 Å². The maximum atomic E-state index is 12.6. The number of para-hydroxylation sites is 1. The maximum Gasteiger partial charge on any atom is 0.339 e. The van der Waals surface area contributed by atoms with Crippen molar-refractivity contribution in [2.75, 3.05) is 5.32 Å². The molecule has 3 aromatic rings. The number of ether oxygens (including phenoxy) is 1. The highest BCUT2D eigenvalue weighted by Gasteiger charge is 2.22. The van der Waals surface area contributed by atoms with Crippen LogP contribution in [0, 0.1) is 17.0 Å². The van der Waals surface area contributed by atoms with E-state index in [1.54, 1.807) is 12.1 Å². The fourth-order valence-corrected chi connectivity index (χ4v) is 2.67. The van der Waals surface area contributed by atoms with Crippen LogP contribution in [-0.4, -0.2) is 31.7 Å². The number of carboxylic acids is 1. The molecule has 0 saturated heterocycles. The lowest BCUT2D eigenvalue weighted by atomic mass is 10.2. The van der Waals surface area contributed by atoms with Gasteiger partial charge in [0.05, 0.1) is 22.9 Å². The number of carbonyl (C=O) groups is 2. The van der Waals surface area contributed by atoms with Gasteiger partial charge in [-0.1, -0.05) is 18.2 Å². The lowest BCUT2D eigenvalue weighted by Crippen LogP contribution is -2.19. The summed E-state index contributed by atoms with van der Waals surface area (Å²) in [5.74, 6) is -1.44. The van der Waals surface area contributed by atoms with Crippen molar-refractivity contribution >= 4 is 23.3 Å². The number of nitro groups is 1. The standard InChI is InChI=1S/C19H16N4O6/c1-11-5-3-4-6-16(11)29-14-8-12(7-13(9-14)23(27)28)21-18(24)17-15(19(25)26)10-20-22(17)2/h3-10H,1-2H3,(H,21,24)(H,25,26). The van der Waals surface area contributed by atoms with E-state index in [0.717, 1.165) is 22.5 Å². The minimum absolute atomic E-state index is 0.0744. The monoisotopic (exact) mass is 396 g/mol. The van der Waals surface area contributed by atoms with E-state index in [0.29, 0.717) is 5.75 Å². The van der Waals surface area contributed by atoms with Crippen LogP contribution in [0.5, 0.6) is 11.5 Å². The second kappa shape index (κ2) is 7.80. The van der Waals surface area contributed by atoms with Crippen molar-refractivity contribution in [3.63, 3.8) is 0 Å². The van der Waals surface area contributed by atoms with Crippen molar-refractivity contribution in [3.8, 4) is 11.5 Å². The van der Waals surface area contributed by atoms with Crippen LogP contribution in [0.4, 0.5) is 11.4 Å². The second-order valence-corrected chi connectivity index (χ2v) is 6.13. The van der Waals surface area contributed by atoms with Crippen LogP contribution in [0.1, 0.15) is 26.4 Å². The SMILES string of the molecule is Cc1ccccc1Oc1cc(NC(=O)c2c(C(=O)O)cnn2C)cc([N+](=O)[O-])c1. The molecular formula is C19H16N4O6. The zero-order chi connectivity index (χ0) is 21.1. The summed E-state index contributed by atoms with van der Waals surface area (Å²) in [5, 5.41) is 26.7. The molecule has 1 aromatic heterocycles. The highest BCUT2D eigenvalue weighted by molar-refractivity contribution is 6.09. The minimum Gasteiger partial charge on any atom is -0.478 e. The minimum atomic E-state index is -1.31. The summed E-state index contributed by atoms with van der Waals surface area (Å²) in [6, 6.07) is 10.9. The van der Waals surface area contributed by atoms with E-state index < -0.39 is 16.8 Å². The van der Waals surface area contributed by atoms with Crippen molar-refractivity contribution in [1.29, 1.82) is 0 Å². The average Bonchev–Trinajstić information content (AvgIpc) is 3.05. The Morgan fingerprint density at radius 3 is 2.62 bits per heavy atom. The summed E-state index contributed by atoms with van der Waals surface area (Å²) in [6.45, 7) is 1.82. The number of nitrogens with one attached hydrogen (secondary N) is 1. The molecule has 0 bridgehead atoms. The highest BCUT2D eigenvalue weighted by Crippen LogP contribution is 2.31. The summed E-state index contributed by atoms with van der Waals surface area (Å²) < 4.78 is 6.84. The van der Waals surface area contributed by atoms with E-state index in [4.69, 9.17) is 4.74 Å². The molecule has 2 aromatic carbocycles. The number of carboxylic acid groups (broad SMARTS) is 1. The third kappa shape index (κ3) is 4.21. The van der Waals surface area contributed by atoms with E-state index in [2.05, 4.69) is 10.4 Å². The smallest absolute Gasteiger partial charge is 0.339 e. The van der Waals surface area contributed by atoms with Crippen LogP contribution in [0.15, 0.2) is 48.7 Å². The number of non-ortho nitro benzene ring substituents is 1. The number of anilines is 1. The quantitative estimate of drug-likeness (QED) is 0.481. The van der Waals surface area contributed by atoms with Gasteiger partial charge in [0.15, 0.2) is 0 Å². The summed E-state index contributed by atoms with van der Waals surface area (Å²) in [7, 11) is 1.42. The molecule has 0 saturated carbocycles. The number of hydrogen-bond donors (Lipinski definition) is 2. The third-order valence-electron chi connectivity index (χ3n) is 4.07. The van der Waals surface area contributed by atoms with E-state index >= 15 is 0 Å². The van der Waals surface area contributed by atoms with E-state index in [9.17, 15) is 24.8 Å². The highest BCUT2D eigenvalue weighted by atomic mass is 16.6. The van der Waals surface area contributed by atoms with Crippen LogP contribution in [-0.2, 0) is 7.05 Å². The van der Waals surface area contributed by atoms with Gasteiger partial charge in [-0.15, -0.1) is 0 Å². The Labute approximate surface area is 164 Å². The Hall–Kier alpha value is -4.21. The van der Waals surface area contributed by atoms with Gasteiger partial charge in [-0.25, -0.2) is 4.79 Å². The van der Waals surface area contributed by atoms with Gasteiger partial charge >= 0.3 is 5.97 Å². The number of carbonyl (C=O) groups excluding carboxylic acids is 1.